The zero-order chi connectivity index (χ0) is 21.8. The van der Waals surface area contributed by atoms with Gasteiger partial charge in [0.2, 0.25) is 0 Å². The number of fused-ring (bicyclic) bond motifs is 2. The average molecular weight is 419 g/mol. The molecule has 0 unspecified atom stereocenters. The molecular weight excluding hydrogens is 395 g/mol. The second kappa shape index (κ2) is 7.27. The number of pyridine rings is 1. The number of aromatic hydroxyl groups is 1. The van der Waals surface area contributed by atoms with Crippen molar-refractivity contribution in [3.05, 3.63) is 58.4 Å². The maximum absolute atomic E-state index is 12.8. The number of aromatic nitrogens is 1. The van der Waals surface area contributed by atoms with Gasteiger partial charge in [-0.3, -0.25) is 14.7 Å². The van der Waals surface area contributed by atoms with Gasteiger partial charge in [-0.15, -0.1) is 0 Å². The summed E-state index contributed by atoms with van der Waals surface area (Å²) in [5, 5.41) is 9.92. The molecule has 30 heavy (non-hydrogen) atoms. The van der Waals surface area contributed by atoms with E-state index in [1.165, 1.54) is 6.07 Å². The third-order valence-corrected chi connectivity index (χ3v) is 6.59. The molecule has 1 aromatic carbocycles. The molecule has 160 valence electrons. The summed E-state index contributed by atoms with van der Waals surface area (Å²) in [6.07, 6.45) is -2.66. The molecule has 3 heterocycles. The van der Waals surface area contributed by atoms with Gasteiger partial charge in [0.1, 0.15) is 11.4 Å². The Kier molecular flexibility index (Phi) is 5.00. The number of phenolic OH excluding ortho intramolecular Hbond substituents is 1. The van der Waals surface area contributed by atoms with E-state index in [0.717, 1.165) is 35.4 Å². The van der Waals surface area contributed by atoms with Gasteiger partial charge in [0, 0.05) is 37.4 Å². The highest BCUT2D eigenvalue weighted by Crippen LogP contribution is 2.39. The second-order valence-corrected chi connectivity index (χ2v) is 8.23. The summed E-state index contributed by atoms with van der Waals surface area (Å²) < 4.78 is 38.1. The van der Waals surface area contributed by atoms with Gasteiger partial charge >= 0.3 is 6.18 Å². The molecule has 8 heteroatoms. The number of carbonyl (C=O) groups is 1. The fourth-order valence-electron chi connectivity index (χ4n) is 4.73. The van der Waals surface area contributed by atoms with Crippen LogP contribution in [0.3, 0.4) is 0 Å². The molecule has 2 aliphatic rings. The Morgan fingerprint density at radius 2 is 1.87 bits per heavy atom. The van der Waals surface area contributed by atoms with Gasteiger partial charge in [-0.25, -0.2) is 0 Å². The van der Waals surface area contributed by atoms with Gasteiger partial charge < -0.3 is 10.0 Å². The van der Waals surface area contributed by atoms with Crippen LogP contribution in [0.25, 0.3) is 0 Å². The normalized spacial score (nSPS) is 22.5. The zero-order valence-corrected chi connectivity index (χ0v) is 17.1. The van der Waals surface area contributed by atoms with Gasteiger partial charge in [-0.2, -0.15) is 13.2 Å². The van der Waals surface area contributed by atoms with E-state index in [0.29, 0.717) is 13.1 Å². The summed E-state index contributed by atoms with van der Waals surface area (Å²) >= 11 is 0. The van der Waals surface area contributed by atoms with Crippen molar-refractivity contribution in [1.29, 1.82) is 0 Å². The second-order valence-electron chi connectivity index (χ2n) is 8.23. The third kappa shape index (κ3) is 3.43. The molecule has 5 nitrogen and oxygen atoms in total. The number of carbonyl (C=O) groups excluding carboxylic acids is 1. The Morgan fingerprint density at radius 3 is 2.43 bits per heavy atom. The van der Waals surface area contributed by atoms with E-state index in [9.17, 15) is 23.1 Å². The Hall–Kier alpha value is -2.61. The standard InChI is InChI=1S/C22H24F3N3O2/c1-12-13(2)19(29)6-5-18(12)14(3)27-10-17-8-16(27)11-28(17)21(30)15-4-7-20(26-9-15)22(23,24)25/h4-7,9,14,16-17,29H,8,10-11H2,1-3H3/t14-,16+,17+/m0/s1. The van der Waals surface area contributed by atoms with Crippen LogP contribution in [0, 0.1) is 13.8 Å². The first kappa shape index (κ1) is 20.7. The fourth-order valence-corrected chi connectivity index (χ4v) is 4.73. The van der Waals surface area contributed by atoms with Crippen LogP contribution < -0.4 is 0 Å². The first-order valence-corrected chi connectivity index (χ1v) is 9.97. The minimum Gasteiger partial charge on any atom is -0.508 e. The van der Waals surface area contributed by atoms with Crippen molar-refractivity contribution < 1.29 is 23.1 Å². The van der Waals surface area contributed by atoms with Crippen LogP contribution in [0.2, 0.25) is 0 Å². The number of rotatable bonds is 3. The highest BCUT2D eigenvalue weighted by molar-refractivity contribution is 5.94. The van der Waals surface area contributed by atoms with Crippen molar-refractivity contribution in [2.75, 3.05) is 13.1 Å². The predicted molar refractivity (Wildman–Crippen MR) is 105 cm³/mol. The molecule has 0 aliphatic carbocycles. The average Bonchev–Trinajstić information content (AvgIpc) is 3.31. The lowest BCUT2D eigenvalue weighted by atomic mass is 9.96. The van der Waals surface area contributed by atoms with E-state index < -0.39 is 11.9 Å². The van der Waals surface area contributed by atoms with Crippen molar-refractivity contribution in [2.45, 2.75) is 51.5 Å². The molecule has 1 amide bonds. The number of alkyl halides is 3. The number of amides is 1. The molecule has 0 spiro atoms. The van der Waals surface area contributed by atoms with Crippen LogP contribution >= 0.6 is 0 Å². The third-order valence-electron chi connectivity index (χ3n) is 6.59. The van der Waals surface area contributed by atoms with Crippen LogP contribution in [-0.4, -0.2) is 51.0 Å². The Morgan fingerprint density at radius 1 is 1.13 bits per heavy atom. The topological polar surface area (TPSA) is 56.7 Å². The van der Waals surface area contributed by atoms with Crippen molar-refractivity contribution in [3.63, 3.8) is 0 Å². The van der Waals surface area contributed by atoms with Crippen LogP contribution in [0.5, 0.6) is 5.75 Å². The van der Waals surface area contributed by atoms with Crippen LogP contribution in [0.4, 0.5) is 13.2 Å². The molecule has 2 fully saturated rings. The van der Waals surface area contributed by atoms with Crippen LogP contribution in [0.15, 0.2) is 30.5 Å². The number of hydrogen-bond donors (Lipinski definition) is 1. The molecule has 0 saturated carbocycles. The number of benzene rings is 1. The lowest BCUT2D eigenvalue weighted by molar-refractivity contribution is -0.141. The lowest BCUT2D eigenvalue weighted by Crippen LogP contribution is -2.49. The highest BCUT2D eigenvalue weighted by atomic mass is 19.4. The Balaban J connectivity index is 1.47. The maximum atomic E-state index is 12.8. The van der Waals surface area contributed by atoms with E-state index in [1.807, 2.05) is 19.9 Å². The SMILES string of the molecule is Cc1c(O)ccc([C@H](C)N2C[C@H]3C[C@@H]2CN3C(=O)c2ccc(C(F)(F)F)nc2)c1C. The van der Waals surface area contributed by atoms with E-state index in [4.69, 9.17) is 0 Å². The van der Waals surface area contributed by atoms with Gasteiger partial charge in [0.15, 0.2) is 0 Å². The number of piperazine rings is 1. The number of likely N-dealkylation sites (tertiary alicyclic amines) is 2. The summed E-state index contributed by atoms with van der Waals surface area (Å²) in [5.74, 6) is 0.0148. The van der Waals surface area contributed by atoms with Crippen molar-refractivity contribution in [2.24, 2.45) is 0 Å². The fraction of sp³-hybridized carbons (Fsp3) is 0.455. The van der Waals surface area contributed by atoms with E-state index >= 15 is 0 Å². The number of nitrogens with zero attached hydrogens (tertiary/aromatic N) is 3. The zero-order valence-electron chi connectivity index (χ0n) is 17.1. The van der Waals surface area contributed by atoms with E-state index in [2.05, 4.69) is 16.8 Å². The Bertz CT molecular complexity index is 975. The molecule has 3 atom stereocenters. The number of hydrogen-bond acceptors (Lipinski definition) is 4. The van der Waals surface area contributed by atoms with Crippen LogP contribution in [0.1, 0.15) is 52.1 Å². The molecule has 2 aliphatic heterocycles. The van der Waals surface area contributed by atoms with E-state index in [-0.39, 0.29) is 35.3 Å². The largest absolute Gasteiger partial charge is 0.508 e. The number of halogens is 3. The first-order valence-electron chi connectivity index (χ1n) is 9.97. The molecule has 0 radical (unpaired) electrons. The Labute approximate surface area is 173 Å². The summed E-state index contributed by atoms with van der Waals surface area (Å²) in [6.45, 7) is 7.29. The van der Waals surface area contributed by atoms with Gasteiger partial charge in [-0.05, 0) is 62.1 Å². The number of phenols is 1. The molecular formula is C22H24F3N3O2. The first-order chi connectivity index (χ1) is 14.1. The van der Waals surface area contributed by atoms with Gasteiger partial charge in [0.25, 0.3) is 5.91 Å². The van der Waals surface area contributed by atoms with Crippen LogP contribution in [-0.2, 0) is 6.18 Å². The van der Waals surface area contributed by atoms with E-state index in [1.54, 1.807) is 11.0 Å². The smallest absolute Gasteiger partial charge is 0.433 e. The summed E-state index contributed by atoms with van der Waals surface area (Å²) in [5.41, 5.74) is 2.27. The predicted octanol–water partition coefficient (Wildman–Crippen LogP) is 4.08. The van der Waals surface area contributed by atoms with Crippen molar-refractivity contribution in [3.8, 4) is 5.75 Å². The highest BCUT2D eigenvalue weighted by Gasteiger charge is 2.47. The summed E-state index contributed by atoms with van der Waals surface area (Å²) in [6, 6.07) is 6.10. The summed E-state index contributed by atoms with van der Waals surface area (Å²) in [7, 11) is 0. The lowest BCUT2D eigenvalue weighted by Gasteiger charge is -2.38. The molecule has 2 bridgehead atoms. The maximum Gasteiger partial charge on any atom is 0.433 e. The van der Waals surface area contributed by atoms with Gasteiger partial charge in [0.05, 0.1) is 5.56 Å². The van der Waals surface area contributed by atoms with Crippen molar-refractivity contribution in [1.82, 2.24) is 14.8 Å². The molecule has 2 saturated heterocycles. The van der Waals surface area contributed by atoms with Crippen molar-refractivity contribution >= 4 is 5.91 Å². The quantitative estimate of drug-likeness (QED) is 0.815. The molecule has 1 N–H and O–H groups in total. The summed E-state index contributed by atoms with van der Waals surface area (Å²) in [4.78, 5) is 20.4. The molecule has 1 aromatic heterocycles. The molecule has 4 rings (SSSR count). The minimum absolute atomic E-state index is 0.0331. The van der Waals surface area contributed by atoms with Gasteiger partial charge in [-0.1, -0.05) is 6.07 Å². The monoisotopic (exact) mass is 419 g/mol. The molecule has 2 aromatic rings. The minimum atomic E-state index is -4.52.